The van der Waals surface area contributed by atoms with Crippen LogP contribution in [-0.4, -0.2) is 18.3 Å². The molecule has 94 valence electrons. The Hall–Kier alpha value is -0.860. The molecule has 0 aromatic heterocycles. The number of hydrogen-bond acceptors (Lipinski definition) is 2. The lowest BCUT2D eigenvalue weighted by Gasteiger charge is -2.24. The first-order chi connectivity index (χ1) is 8.29. The van der Waals surface area contributed by atoms with E-state index in [1.807, 2.05) is 0 Å². The van der Waals surface area contributed by atoms with Crippen LogP contribution in [-0.2, 0) is 11.2 Å². The molecule has 0 radical (unpaired) electrons. The lowest BCUT2D eigenvalue weighted by Crippen LogP contribution is -2.18. The third-order valence-electron chi connectivity index (χ3n) is 3.67. The van der Waals surface area contributed by atoms with Gasteiger partial charge < -0.3 is 9.84 Å². The van der Waals surface area contributed by atoms with E-state index in [1.165, 1.54) is 5.56 Å². The van der Waals surface area contributed by atoms with Gasteiger partial charge in [-0.05, 0) is 42.7 Å². The molecule has 1 fully saturated rings. The molecule has 1 unspecified atom stereocenters. The molecule has 0 aliphatic carbocycles. The summed E-state index contributed by atoms with van der Waals surface area (Å²) < 4.78 is 5.34. The predicted octanol–water partition coefficient (Wildman–Crippen LogP) is 3.10. The van der Waals surface area contributed by atoms with Gasteiger partial charge in [-0.15, -0.1) is 0 Å². The molecule has 0 saturated carbocycles. The van der Waals surface area contributed by atoms with E-state index >= 15 is 0 Å². The number of benzene rings is 1. The zero-order chi connectivity index (χ0) is 12.1. The first-order valence-corrected chi connectivity index (χ1v) is 6.64. The average molecular weight is 234 g/mol. The van der Waals surface area contributed by atoms with E-state index in [-0.39, 0.29) is 6.10 Å². The molecule has 1 aromatic rings. The molecule has 2 heteroatoms. The number of ether oxygens (including phenoxy) is 1. The summed E-state index contributed by atoms with van der Waals surface area (Å²) in [5, 5.41) is 10.2. The van der Waals surface area contributed by atoms with Gasteiger partial charge in [-0.25, -0.2) is 0 Å². The van der Waals surface area contributed by atoms with Crippen LogP contribution in [0.25, 0.3) is 0 Å². The van der Waals surface area contributed by atoms with Crippen molar-refractivity contribution in [1.29, 1.82) is 0 Å². The van der Waals surface area contributed by atoms with E-state index in [0.29, 0.717) is 5.92 Å². The molecule has 1 aliphatic rings. The normalized spacial score (nSPS) is 19.2. The lowest BCUT2D eigenvalue weighted by atomic mass is 9.91. The van der Waals surface area contributed by atoms with Gasteiger partial charge in [0.05, 0.1) is 6.10 Å². The lowest BCUT2D eigenvalue weighted by molar-refractivity contribution is 0.0435. The van der Waals surface area contributed by atoms with Crippen LogP contribution in [0.15, 0.2) is 24.3 Å². The van der Waals surface area contributed by atoms with E-state index < -0.39 is 0 Å². The standard InChI is InChI=1S/C15H22O2/c1-2-12-3-5-14(6-4-12)15(16)11-13-7-9-17-10-8-13/h3-6,13,15-16H,2,7-11H2,1H3. The first-order valence-electron chi connectivity index (χ1n) is 6.64. The second kappa shape index (κ2) is 6.18. The monoisotopic (exact) mass is 234 g/mol. The van der Waals surface area contributed by atoms with E-state index in [0.717, 1.165) is 44.5 Å². The van der Waals surface area contributed by atoms with E-state index in [1.54, 1.807) is 0 Å². The van der Waals surface area contributed by atoms with E-state index in [9.17, 15) is 5.11 Å². The van der Waals surface area contributed by atoms with Crippen LogP contribution < -0.4 is 0 Å². The van der Waals surface area contributed by atoms with Crippen LogP contribution in [0.1, 0.15) is 43.4 Å². The smallest absolute Gasteiger partial charge is 0.0792 e. The van der Waals surface area contributed by atoms with Crippen molar-refractivity contribution in [2.24, 2.45) is 5.92 Å². The maximum Gasteiger partial charge on any atom is 0.0792 e. The fraction of sp³-hybridized carbons (Fsp3) is 0.600. The molecule has 0 amide bonds. The van der Waals surface area contributed by atoms with Gasteiger partial charge in [-0.1, -0.05) is 31.2 Å². The van der Waals surface area contributed by atoms with Gasteiger partial charge in [0.1, 0.15) is 0 Å². The van der Waals surface area contributed by atoms with Gasteiger partial charge in [-0.3, -0.25) is 0 Å². The summed E-state index contributed by atoms with van der Waals surface area (Å²) in [5.74, 6) is 0.615. The summed E-state index contributed by atoms with van der Waals surface area (Å²) in [6.45, 7) is 3.85. The van der Waals surface area contributed by atoms with Gasteiger partial charge in [0, 0.05) is 13.2 Å². The third-order valence-corrected chi connectivity index (χ3v) is 3.67. The number of aryl methyl sites for hydroxylation is 1. The Morgan fingerprint density at radius 3 is 2.47 bits per heavy atom. The van der Waals surface area contributed by atoms with Crippen LogP contribution in [0.3, 0.4) is 0 Å². The molecule has 17 heavy (non-hydrogen) atoms. The third kappa shape index (κ3) is 3.55. The number of aliphatic hydroxyl groups excluding tert-OH is 1. The fourth-order valence-electron chi connectivity index (χ4n) is 2.41. The summed E-state index contributed by atoms with van der Waals surface area (Å²) in [4.78, 5) is 0. The molecule has 1 N–H and O–H groups in total. The van der Waals surface area contributed by atoms with E-state index in [4.69, 9.17) is 4.74 Å². The van der Waals surface area contributed by atoms with Crippen molar-refractivity contribution in [3.8, 4) is 0 Å². The number of hydrogen-bond donors (Lipinski definition) is 1. The van der Waals surface area contributed by atoms with Gasteiger partial charge in [0.25, 0.3) is 0 Å². The van der Waals surface area contributed by atoms with Crippen molar-refractivity contribution in [2.45, 2.75) is 38.7 Å². The Labute approximate surface area is 104 Å². The molecular weight excluding hydrogens is 212 g/mol. The molecule has 1 aliphatic heterocycles. The highest BCUT2D eigenvalue weighted by atomic mass is 16.5. The molecule has 1 atom stereocenters. The first kappa shape index (κ1) is 12.6. The molecule has 1 saturated heterocycles. The van der Waals surface area contributed by atoms with Crippen molar-refractivity contribution < 1.29 is 9.84 Å². The zero-order valence-electron chi connectivity index (χ0n) is 10.6. The minimum Gasteiger partial charge on any atom is -0.388 e. The summed E-state index contributed by atoms with van der Waals surface area (Å²) in [6, 6.07) is 8.34. The molecule has 1 heterocycles. The van der Waals surface area contributed by atoms with Crippen LogP contribution >= 0.6 is 0 Å². The Balaban J connectivity index is 1.91. The van der Waals surface area contributed by atoms with Crippen molar-refractivity contribution in [3.63, 3.8) is 0 Å². The van der Waals surface area contributed by atoms with Crippen molar-refractivity contribution in [3.05, 3.63) is 35.4 Å². The molecule has 2 nitrogen and oxygen atoms in total. The summed E-state index contributed by atoms with van der Waals surface area (Å²) in [6.07, 6.45) is 3.78. The molecule has 0 spiro atoms. The Morgan fingerprint density at radius 2 is 1.88 bits per heavy atom. The van der Waals surface area contributed by atoms with Crippen molar-refractivity contribution >= 4 is 0 Å². The van der Waals surface area contributed by atoms with Gasteiger partial charge >= 0.3 is 0 Å². The van der Waals surface area contributed by atoms with Gasteiger partial charge in [0.15, 0.2) is 0 Å². The van der Waals surface area contributed by atoms with Crippen LogP contribution in [0.4, 0.5) is 0 Å². The number of rotatable bonds is 4. The maximum absolute atomic E-state index is 10.2. The van der Waals surface area contributed by atoms with Gasteiger partial charge in [0.2, 0.25) is 0 Å². The summed E-state index contributed by atoms with van der Waals surface area (Å²) in [5.41, 5.74) is 2.38. The highest BCUT2D eigenvalue weighted by Crippen LogP contribution is 2.27. The fourth-order valence-corrected chi connectivity index (χ4v) is 2.41. The minimum atomic E-state index is -0.316. The Kier molecular flexibility index (Phi) is 4.57. The quantitative estimate of drug-likeness (QED) is 0.867. The molecule has 2 rings (SSSR count). The molecule has 1 aromatic carbocycles. The molecule has 0 bridgehead atoms. The predicted molar refractivity (Wildman–Crippen MR) is 68.9 cm³/mol. The molecular formula is C15H22O2. The average Bonchev–Trinajstić information content (AvgIpc) is 2.40. The van der Waals surface area contributed by atoms with Gasteiger partial charge in [-0.2, -0.15) is 0 Å². The summed E-state index contributed by atoms with van der Waals surface area (Å²) >= 11 is 0. The summed E-state index contributed by atoms with van der Waals surface area (Å²) in [7, 11) is 0. The SMILES string of the molecule is CCc1ccc(C(O)CC2CCOCC2)cc1. The van der Waals surface area contributed by atoms with E-state index in [2.05, 4.69) is 31.2 Å². The zero-order valence-corrected chi connectivity index (χ0v) is 10.6. The number of aliphatic hydroxyl groups is 1. The minimum absolute atomic E-state index is 0.316. The van der Waals surface area contributed by atoms with Crippen molar-refractivity contribution in [1.82, 2.24) is 0 Å². The van der Waals surface area contributed by atoms with Crippen LogP contribution in [0.2, 0.25) is 0 Å². The Bertz CT molecular complexity index is 325. The van der Waals surface area contributed by atoms with Crippen molar-refractivity contribution in [2.75, 3.05) is 13.2 Å². The maximum atomic E-state index is 10.2. The largest absolute Gasteiger partial charge is 0.388 e. The second-order valence-electron chi connectivity index (χ2n) is 4.90. The van der Waals surface area contributed by atoms with Crippen LogP contribution in [0.5, 0.6) is 0 Å². The second-order valence-corrected chi connectivity index (χ2v) is 4.90. The topological polar surface area (TPSA) is 29.5 Å². The Morgan fingerprint density at radius 1 is 1.24 bits per heavy atom. The van der Waals surface area contributed by atoms with Crippen LogP contribution in [0, 0.1) is 5.92 Å². The highest BCUT2D eigenvalue weighted by molar-refractivity contribution is 5.24. The highest BCUT2D eigenvalue weighted by Gasteiger charge is 2.18.